The molecule has 5 aromatic rings. The second-order valence-electron chi connectivity index (χ2n) is 17.9. The molecule has 21 heteroatoms. The van der Waals surface area contributed by atoms with Gasteiger partial charge in [0.25, 0.3) is 12.3 Å². The lowest BCUT2D eigenvalue weighted by molar-refractivity contribution is -0.135. The number of hydrogen-bond donors (Lipinski definition) is 2. The number of imide groups is 1. The molecular weight excluding hydrogens is 864 g/mol. The van der Waals surface area contributed by atoms with Crippen LogP contribution in [0.15, 0.2) is 41.6 Å². The minimum absolute atomic E-state index is 0.0579. The zero-order chi connectivity index (χ0) is 45.8. The van der Waals surface area contributed by atoms with Crippen LogP contribution in [0.2, 0.25) is 0 Å². The monoisotopic (exact) mass is 913 g/mol. The van der Waals surface area contributed by atoms with Crippen molar-refractivity contribution in [1.82, 2.24) is 43.7 Å². The van der Waals surface area contributed by atoms with Gasteiger partial charge in [0, 0.05) is 52.0 Å². The summed E-state index contributed by atoms with van der Waals surface area (Å²) in [5.41, 5.74) is 0.850. The van der Waals surface area contributed by atoms with Crippen molar-refractivity contribution < 1.29 is 41.8 Å². The first-order valence-corrected chi connectivity index (χ1v) is 22.4. The van der Waals surface area contributed by atoms with Gasteiger partial charge in [0.05, 0.1) is 66.5 Å². The maximum Gasteiger partial charge on any atom is 0.329 e. The van der Waals surface area contributed by atoms with E-state index in [2.05, 4.69) is 42.5 Å². The number of nitrogens with zero attached hydrogens (tertiary/aromatic N) is 9. The fraction of sp³-hybridized carbons (Fsp3) is 0.533. The lowest BCUT2D eigenvalue weighted by Gasteiger charge is -2.38. The predicted octanol–water partition coefficient (Wildman–Crippen LogP) is 3.94. The molecule has 348 valence electrons. The number of aryl methyl sites for hydroxylation is 1. The Hall–Kier alpha value is -6.24. The Labute approximate surface area is 376 Å². The quantitative estimate of drug-likeness (QED) is 0.144. The van der Waals surface area contributed by atoms with E-state index in [9.17, 15) is 28.0 Å². The lowest BCUT2D eigenvalue weighted by atomic mass is 9.85. The van der Waals surface area contributed by atoms with E-state index < -0.39 is 47.9 Å². The van der Waals surface area contributed by atoms with E-state index in [4.69, 9.17) is 19.2 Å². The molecule has 5 fully saturated rings. The molecule has 18 nitrogen and oxygen atoms in total. The molecule has 2 N–H and O–H groups in total. The maximum atomic E-state index is 15.6. The summed E-state index contributed by atoms with van der Waals surface area (Å²) in [4.78, 5) is 60.4. The van der Waals surface area contributed by atoms with Crippen molar-refractivity contribution in [3.63, 3.8) is 0 Å². The number of imidazole rings is 1. The number of rotatable bonds is 11. The molecule has 4 aliphatic heterocycles. The Balaban J connectivity index is 0.722. The zero-order valence-electron chi connectivity index (χ0n) is 36.5. The number of amides is 3. The number of hydrogen-bond acceptors (Lipinski definition) is 12. The van der Waals surface area contributed by atoms with E-state index in [1.165, 1.54) is 33.2 Å². The second kappa shape index (κ2) is 17.9. The van der Waals surface area contributed by atoms with Gasteiger partial charge in [0.15, 0.2) is 11.3 Å². The third-order valence-corrected chi connectivity index (χ3v) is 13.8. The second-order valence-corrected chi connectivity index (χ2v) is 17.9. The van der Waals surface area contributed by atoms with Crippen LogP contribution in [0.4, 0.5) is 24.7 Å². The number of benzene rings is 1. The van der Waals surface area contributed by atoms with Crippen LogP contribution in [0, 0.1) is 17.8 Å². The average molecular weight is 914 g/mol. The number of anilines is 2. The Morgan fingerprint density at radius 3 is 2.64 bits per heavy atom. The van der Waals surface area contributed by atoms with Gasteiger partial charge < -0.3 is 24.4 Å². The topological polar surface area (TPSA) is 184 Å². The Morgan fingerprint density at radius 2 is 1.91 bits per heavy atom. The first kappa shape index (κ1) is 43.6. The minimum atomic E-state index is -2.91. The molecule has 2 bridgehead atoms. The molecule has 4 saturated heterocycles. The van der Waals surface area contributed by atoms with Crippen molar-refractivity contribution in [2.24, 2.45) is 13.0 Å². The van der Waals surface area contributed by atoms with Gasteiger partial charge >= 0.3 is 5.69 Å². The molecule has 1 unspecified atom stereocenters. The van der Waals surface area contributed by atoms with Crippen LogP contribution in [0.1, 0.15) is 91.5 Å². The van der Waals surface area contributed by atoms with Crippen molar-refractivity contribution >= 4 is 45.9 Å². The summed E-state index contributed by atoms with van der Waals surface area (Å²) < 4.78 is 67.2. The molecule has 0 radical (unpaired) electrons. The largest absolute Gasteiger partial charge is 0.495 e. The van der Waals surface area contributed by atoms with Crippen LogP contribution in [0.5, 0.6) is 5.75 Å². The van der Waals surface area contributed by atoms with Crippen molar-refractivity contribution in [2.75, 3.05) is 56.7 Å². The highest BCUT2D eigenvalue weighted by Gasteiger charge is 2.40. The number of aromatic nitrogens is 7. The third-order valence-electron chi connectivity index (χ3n) is 13.8. The smallest absolute Gasteiger partial charge is 0.329 e. The van der Waals surface area contributed by atoms with Crippen LogP contribution >= 0.6 is 0 Å². The van der Waals surface area contributed by atoms with Crippen LogP contribution in [0.3, 0.4) is 0 Å². The van der Waals surface area contributed by atoms with Gasteiger partial charge in [-0.25, -0.2) is 27.5 Å². The maximum absolute atomic E-state index is 15.6. The Bertz CT molecular complexity index is 2820. The Kier molecular flexibility index (Phi) is 11.8. The van der Waals surface area contributed by atoms with Crippen molar-refractivity contribution in [3.8, 4) is 17.6 Å². The first-order chi connectivity index (χ1) is 31.9. The van der Waals surface area contributed by atoms with E-state index in [1.807, 2.05) is 6.07 Å². The molecule has 5 atom stereocenters. The SMILES string of the molecule is COc1ccc2c(c1C#CCO[C@H]1CCN(C[C@H]3CC[C@H](n4cc(NC(=O)c5cnn6ccc(N7C[C@H]8C[C@@H]7CO8)nc56)c(C(F)F)n4)CC3)C[C@H]1F)n(C)c(=O)n2C1CCC(=O)NC1=O. The number of carbonyl (C=O) groups excluding carboxylic acids is 3. The van der Waals surface area contributed by atoms with Gasteiger partial charge in [-0.05, 0) is 69.1 Å². The van der Waals surface area contributed by atoms with E-state index in [1.54, 1.807) is 30.1 Å². The number of alkyl halides is 3. The van der Waals surface area contributed by atoms with Crippen LogP contribution < -0.4 is 26.0 Å². The standard InChI is InChI=1S/C45H50F3N11O7/c1-54-40-29(35(64-2)11-9-33(40)59(45(54)63)34-10-12-38(60)52-44(34)62)4-3-17-65-36-13-15-55(22-31(36)46)20-25-5-7-26(8-6-25)58-23-32(39(53-58)41(47)48)50-43(61)30-19-49-57-16-14-37(51-42(30)57)56-21-28-18-27(56)24-66-28/h9,11,14,16,19,23,25-28,31,34,36,41H,5-8,10,12-13,15,17-18,20-22,24H2,1-2H3,(H,50,61)(H,52,60,62)/t25-,26-,27-,28-,31-,34?,36+/m1/s1. The number of carbonyl (C=O) groups is 3. The van der Waals surface area contributed by atoms with Gasteiger partial charge in [-0.1, -0.05) is 11.8 Å². The molecule has 66 heavy (non-hydrogen) atoms. The predicted molar refractivity (Wildman–Crippen MR) is 232 cm³/mol. The molecule has 5 aliphatic rings. The third kappa shape index (κ3) is 8.19. The van der Waals surface area contributed by atoms with Crippen LogP contribution in [-0.2, 0) is 26.1 Å². The normalized spacial score (nSPS) is 25.7. The average Bonchev–Trinajstić information content (AvgIpc) is 4.16. The fourth-order valence-electron chi connectivity index (χ4n) is 10.4. The molecule has 0 spiro atoms. The van der Waals surface area contributed by atoms with Crippen molar-refractivity contribution in [1.29, 1.82) is 0 Å². The number of halogens is 3. The van der Waals surface area contributed by atoms with Crippen molar-refractivity contribution in [3.05, 3.63) is 64.1 Å². The minimum Gasteiger partial charge on any atom is -0.495 e. The summed E-state index contributed by atoms with van der Waals surface area (Å²) in [6.45, 7) is 2.83. The zero-order valence-corrected chi connectivity index (χ0v) is 36.5. The highest BCUT2D eigenvalue weighted by atomic mass is 19.3. The highest BCUT2D eigenvalue weighted by molar-refractivity contribution is 6.08. The molecule has 1 aliphatic carbocycles. The van der Waals surface area contributed by atoms with Gasteiger partial charge in [-0.2, -0.15) is 10.2 Å². The number of fused-ring (bicyclic) bond motifs is 4. The molecular formula is C45H50F3N11O7. The van der Waals surface area contributed by atoms with Crippen LogP contribution in [0.25, 0.3) is 16.7 Å². The highest BCUT2D eigenvalue weighted by Crippen LogP contribution is 2.37. The number of piperidine rings is 2. The summed E-state index contributed by atoms with van der Waals surface area (Å²) >= 11 is 0. The number of methoxy groups -OCH3 is 1. The van der Waals surface area contributed by atoms with Gasteiger partial charge in [-0.3, -0.25) is 38.4 Å². The van der Waals surface area contributed by atoms with E-state index >= 15 is 4.39 Å². The number of morpholine rings is 1. The molecule has 1 saturated carbocycles. The van der Waals surface area contributed by atoms with Gasteiger partial charge in [0.2, 0.25) is 11.8 Å². The molecule has 10 rings (SSSR count). The fourth-order valence-corrected chi connectivity index (χ4v) is 10.4. The number of ether oxygens (including phenoxy) is 3. The first-order valence-electron chi connectivity index (χ1n) is 22.4. The number of nitrogens with one attached hydrogen (secondary N) is 2. The molecule has 8 heterocycles. The van der Waals surface area contributed by atoms with E-state index in [0.29, 0.717) is 79.3 Å². The summed E-state index contributed by atoms with van der Waals surface area (Å²) in [5.74, 6) is 5.91. The van der Waals surface area contributed by atoms with E-state index in [-0.39, 0.29) is 67.3 Å². The van der Waals surface area contributed by atoms with Gasteiger partial charge in [-0.15, -0.1) is 0 Å². The Morgan fingerprint density at radius 1 is 1.08 bits per heavy atom. The summed E-state index contributed by atoms with van der Waals surface area (Å²) in [5, 5.41) is 13.5. The van der Waals surface area contributed by atoms with Crippen molar-refractivity contribution in [2.45, 2.75) is 94.3 Å². The summed E-state index contributed by atoms with van der Waals surface area (Å²) in [7, 11) is 3.07. The lowest BCUT2D eigenvalue weighted by Crippen LogP contribution is -2.47. The molecule has 1 aromatic carbocycles. The summed E-state index contributed by atoms with van der Waals surface area (Å²) in [6.07, 6.45) is 4.67. The molecule has 3 amide bonds. The molecule has 4 aromatic heterocycles. The summed E-state index contributed by atoms with van der Waals surface area (Å²) in [6, 6.07) is 4.43. The number of likely N-dealkylation sites (tertiary alicyclic amines) is 1. The van der Waals surface area contributed by atoms with E-state index in [0.717, 1.165) is 19.3 Å². The van der Waals surface area contributed by atoms with Crippen LogP contribution in [-0.4, -0.2) is 127 Å². The van der Waals surface area contributed by atoms with Gasteiger partial charge in [0.1, 0.15) is 36.0 Å².